The minimum Gasteiger partial charge on any atom is -0.382 e. The second-order valence-corrected chi connectivity index (χ2v) is 8.11. The zero-order valence-electron chi connectivity index (χ0n) is 11.5. The van der Waals surface area contributed by atoms with Gasteiger partial charge in [0, 0.05) is 18.0 Å². The molecule has 0 aliphatic heterocycles. The van der Waals surface area contributed by atoms with Crippen LogP contribution < -0.4 is 5.32 Å². The Labute approximate surface area is 115 Å². The Hall–Kier alpha value is -1.03. The van der Waals surface area contributed by atoms with Gasteiger partial charge >= 0.3 is 0 Å². The average molecular weight is 279 g/mol. The molecule has 0 atom stereocenters. The molecule has 1 aromatic carbocycles. The van der Waals surface area contributed by atoms with E-state index in [4.69, 9.17) is 0 Å². The van der Waals surface area contributed by atoms with Crippen LogP contribution in [0.25, 0.3) is 0 Å². The molecule has 0 radical (unpaired) electrons. The third-order valence-corrected chi connectivity index (χ3v) is 5.33. The molecule has 2 aliphatic carbocycles. The van der Waals surface area contributed by atoms with Crippen LogP contribution in [0.1, 0.15) is 31.2 Å². The number of hydrogen-bond donors (Lipinski definition) is 1. The number of aryl methyl sites for hydroxylation is 1. The van der Waals surface area contributed by atoms with Gasteiger partial charge in [-0.1, -0.05) is 6.07 Å². The maximum atomic E-state index is 11.6. The molecule has 2 fully saturated rings. The summed E-state index contributed by atoms with van der Waals surface area (Å²) in [7, 11) is -3.13. The lowest BCUT2D eigenvalue weighted by molar-refractivity contribution is 0.567. The summed E-state index contributed by atoms with van der Waals surface area (Å²) < 4.78 is 23.3. The number of hydrogen-bond acceptors (Lipinski definition) is 3. The lowest BCUT2D eigenvalue weighted by atomic mass is 10.1. The van der Waals surface area contributed by atoms with Gasteiger partial charge in [0.15, 0.2) is 9.84 Å². The first-order chi connectivity index (χ1) is 8.95. The second-order valence-electron chi connectivity index (χ2n) is 6.09. The number of nitrogens with one attached hydrogen (secondary N) is 1. The van der Waals surface area contributed by atoms with Gasteiger partial charge in [-0.3, -0.25) is 0 Å². The van der Waals surface area contributed by atoms with Gasteiger partial charge in [-0.15, -0.1) is 0 Å². The normalized spacial score (nSPS) is 19.7. The molecule has 3 nitrogen and oxygen atoms in total. The smallest absolute Gasteiger partial charge is 0.175 e. The van der Waals surface area contributed by atoms with Crippen molar-refractivity contribution in [3.63, 3.8) is 0 Å². The van der Waals surface area contributed by atoms with Gasteiger partial charge < -0.3 is 5.32 Å². The molecule has 2 saturated carbocycles. The van der Waals surface area contributed by atoms with Gasteiger partial charge in [0.25, 0.3) is 0 Å². The van der Waals surface area contributed by atoms with Crippen molar-refractivity contribution in [1.82, 2.24) is 0 Å². The summed E-state index contributed by atoms with van der Waals surface area (Å²) in [5.41, 5.74) is 2.12. The van der Waals surface area contributed by atoms with Gasteiger partial charge in [0.2, 0.25) is 0 Å². The molecular weight excluding hydrogens is 258 g/mol. The van der Waals surface area contributed by atoms with E-state index < -0.39 is 9.84 Å². The summed E-state index contributed by atoms with van der Waals surface area (Å²) in [6, 6.07) is 5.94. The number of sulfone groups is 1. The summed E-state index contributed by atoms with van der Waals surface area (Å²) in [5.74, 6) is 1.60. The Morgan fingerprint density at radius 3 is 2.21 bits per heavy atom. The molecule has 0 aromatic heterocycles. The van der Waals surface area contributed by atoms with Gasteiger partial charge in [0.1, 0.15) is 0 Å². The first kappa shape index (κ1) is 13.0. The van der Waals surface area contributed by atoms with E-state index in [0.717, 1.165) is 23.1 Å². The van der Waals surface area contributed by atoms with E-state index in [-0.39, 0.29) is 0 Å². The minimum atomic E-state index is -3.13. The maximum absolute atomic E-state index is 11.6. The van der Waals surface area contributed by atoms with Crippen LogP contribution in [0.5, 0.6) is 0 Å². The summed E-state index contributed by atoms with van der Waals surface area (Å²) in [4.78, 5) is 0.408. The zero-order chi connectivity index (χ0) is 13.6. The molecule has 0 amide bonds. The predicted octanol–water partition coefficient (Wildman–Crippen LogP) is 3.00. The van der Waals surface area contributed by atoms with E-state index in [1.807, 2.05) is 13.0 Å². The SMILES string of the molecule is Cc1ccc(S(C)(=O)=O)cc1NC(C1CC1)C1CC1. The van der Waals surface area contributed by atoms with Gasteiger partial charge in [-0.2, -0.15) is 0 Å². The maximum Gasteiger partial charge on any atom is 0.175 e. The van der Waals surface area contributed by atoms with Crippen molar-refractivity contribution in [3.05, 3.63) is 23.8 Å². The highest BCUT2D eigenvalue weighted by Gasteiger charge is 2.41. The Balaban J connectivity index is 1.86. The fraction of sp³-hybridized carbons (Fsp3) is 0.600. The summed E-state index contributed by atoms with van der Waals surface area (Å²) in [6.07, 6.45) is 6.54. The van der Waals surface area contributed by atoms with Gasteiger partial charge in [0.05, 0.1) is 4.90 Å². The molecule has 0 spiro atoms. The highest BCUT2D eigenvalue weighted by atomic mass is 32.2. The fourth-order valence-corrected chi connectivity index (χ4v) is 3.35. The zero-order valence-corrected chi connectivity index (χ0v) is 12.3. The molecule has 3 rings (SSSR count). The van der Waals surface area contributed by atoms with E-state index in [1.54, 1.807) is 12.1 Å². The molecule has 0 saturated heterocycles. The molecular formula is C15H21NO2S. The minimum absolute atomic E-state index is 0.408. The van der Waals surface area contributed by atoms with Crippen molar-refractivity contribution < 1.29 is 8.42 Å². The third-order valence-electron chi connectivity index (χ3n) is 4.22. The predicted molar refractivity (Wildman–Crippen MR) is 77.1 cm³/mol. The van der Waals surface area contributed by atoms with Crippen molar-refractivity contribution >= 4 is 15.5 Å². The molecule has 19 heavy (non-hydrogen) atoms. The molecule has 0 bridgehead atoms. The van der Waals surface area contributed by atoms with Crippen LogP contribution in [0.4, 0.5) is 5.69 Å². The lowest BCUT2D eigenvalue weighted by Gasteiger charge is -2.21. The highest BCUT2D eigenvalue weighted by Crippen LogP contribution is 2.46. The Bertz CT molecular complexity index is 574. The number of anilines is 1. The lowest BCUT2D eigenvalue weighted by Crippen LogP contribution is -2.24. The van der Waals surface area contributed by atoms with Crippen molar-refractivity contribution in [2.75, 3.05) is 11.6 Å². The van der Waals surface area contributed by atoms with Gasteiger partial charge in [-0.25, -0.2) is 8.42 Å². The molecule has 1 N–H and O–H groups in total. The number of benzene rings is 1. The molecule has 2 aliphatic rings. The quantitative estimate of drug-likeness (QED) is 0.901. The van der Waals surface area contributed by atoms with Crippen LogP contribution in [-0.2, 0) is 9.84 Å². The van der Waals surface area contributed by atoms with Crippen LogP contribution in [-0.4, -0.2) is 20.7 Å². The number of rotatable bonds is 5. The monoisotopic (exact) mass is 279 g/mol. The fourth-order valence-electron chi connectivity index (χ4n) is 2.70. The first-order valence-electron chi connectivity index (χ1n) is 7.02. The molecule has 104 valence electrons. The Morgan fingerprint density at radius 1 is 1.16 bits per heavy atom. The van der Waals surface area contributed by atoms with Crippen molar-refractivity contribution in [3.8, 4) is 0 Å². The van der Waals surface area contributed by atoms with Crippen molar-refractivity contribution in [2.24, 2.45) is 11.8 Å². The topological polar surface area (TPSA) is 46.2 Å². The van der Waals surface area contributed by atoms with Gasteiger partial charge in [-0.05, 0) is 62.1 Å². The van der Waals surface area contributed by atoms with Crippen LogP contribution in [0, 0.1) is 18.8 Å². The van der Waals surface area contributed by atoms with E-state index >= 15 is 0 Å². The van der Waals surface area contributed by atoms with E-state index in [0.29, 0.717) is 10.9 Å². The second kappa shape index (κ2) is 4.51. The van der Waals surface area contributed by atoms with E-state index in [1.165, 1.54) is 31.9 Å². The largest absolute Gasteiger partial charge is 0.382 e. The Kier molecular flexibility index (Phi) is 3.08. The first-order valence-corrected chi connectivity index (χ1v) is 8.91. The molecule has 4 heteroatoms. The van der Waals surface area contributed by atoms with Crippen LogP contribution >= 0.6 is 0 Å². The van der Waals surface area contributed by atoms with E-state index in [2.05, 4.69) is 5.32 Å². The average Bonchev–Trinajstić information content (AvgIpc) is 3.19. The molecule has 0 heterocycles. The van der Waals surface area contributed by atoms with Crippen molar-refractivity contribution in [1.29, 1.82) is 0 Å². The molecule has 0 unspecified atom stereocenters. The summed E-state index contributed by atoms with van der Waals surface area (Å²) >= 11 is 0. The summed E-state index contributed by atoms with van der Waals surface area (Å²) in [5, 5.41) is 3.62. The third kappa shape index (κ3) is 2.94. The van der Waals surface area contributed by atoms with Crippen molar-refractivity contribution in [2.45, 2.75) is 43.5 Å². The standard InChI is InChI=1S/C15H21NO2S/c1-10-3-8-13(19(2,17)18)9-14(10)16-15(11-4-5-11)12-6-7-12/h3,8-9,11-12,15-16H,4-7H2,1-2H3. The van der Waals surface area contributed by atoms with Crippen LogP contribution in [0.2, 0.25) is 0 Å². The Morgan fingerprint density at radius 2 is 1.74 bits per heavy atom. The van der Waals surface area contributed by atoms with Crippen LogP contribution in [0.15, 0.2) is 23.1 Å². The molecule has 1 aromatic rings. The summed E-state index contributed by atoms with van der Waals surface area (Å²) in [6.45, 7) is 2.03. The van der Waals surface area contributed by atoms with Crippen LogP contribution in [0.3, 0.4) is 0 Å². The highest BCUT2D eigenvalue weighted by molar-refractivity contribution is 7.90. The van der Waals surface area contributed by atoms with E-state index in [9.17, 15) is 8.42 Å².